The topological polar surface area (TPSA) is 49.9 Å². The normalized spacial score (nSPS) is 21.1. The molecule has 2 fully saturated rings. The number of ether oxygens (including phenoxy) is 1. The van der Waals surface area contributed by atoms with E-state index in [1.54, 1.807) is 23.9 Å². The molecule has 0 radical (unpaired) electrons. The molecule has 0 saturated carbocycles. The highest BCUT2D eigenvalue weighted by Crippen LogP contribution is 2.38. The summed E-state index contributed by atoms with van der Waals surface area (Å²) in [6, 6.07) is 7.41. The highest BCUT2D eigenvalue weighted by molar-refractivity contribution is 8.00. The summed E-state index contributed by atoms with van der Waals surface area (Å²) in [5.74, 6) is 0.420. The summed E-state index contributed by atoms with van der Waals surface area (Å²) in [5, 5.41) is 0.0611. The minimum atomic E-state index is -0.333. The van der Waals surface area contributed by atoms with Crippen LogP contribution in [-0.4, -0.2) is 60.7 Å². The molecule has 136 valence electrons. The summed E-state index contributed by atoms with van der Waals surface area (Å²) < 4.78 is 4.73. The third-order valence-electron chi connectivity index (χ3n) is 4.91. The van der Waals surface area contributed by atoms with Crippen molar-refractivity contribution in [2.75, 3.05) is 39.0 Å². The summed E-state index contributed by atoms with van der Waals surface area (Å²) in [6.45, 7) is 4.41. The average Bonchev–Trinajstić information content (AvgIpc) is 3.28. The summed E-state index contributed by atoms with van der Waals surface area (Å²) in [7, 11) is 1.38. The Hall–Kier alpha value is -1.53. The van der Waals surface area contributed by atoms with Gasteiger partial charge in [0.25, 0.3) is 0 Å². The summed E-state index contributed by atoms with van der Waals surface area (Å²) in [5.41, 5.74) is 1.61. The van der Waals surface area contributed by atoms with Crippen molar-refractivity contribution in [3.05, 3.63) is 35.4 Å². The third-order valence-corrected chi connectivity index (χ3v) is 6.16. The fraction of sp³-hybridized carbons (Fsp3) is 0.579. The van der Waals surface area contributed by atoms with E-state index in [0.29, 0.717) is 11.3 Å². The number of carbonyl (C=O) groups excluding carboxylic acids is 2. The van der Waals surface area contributed by atoms with Crippen LogP contribution >= 0.6 is 11.8 Å². The van der Waals surface area contributed by atoms with Gasteiger partial charge >= 0.3 is 5.97 Å². The molecule has 2 aliphatic rings. The Morgan fingerprint density at radius 3 is 2.52 bits per heavy atom. The molecule has 2 heterocycles. The smallest absolute Gasteiger partial charge is 0.337 e. The molecule has 2 aliphatic heterocycles. The Labute approximate surface area is 153 Å². The Morgan fingerprint density at radius 2 is 1.84 bits per heavy atom. The highest BCUT2D eigenvalue weighted by Gasteiger charge is 2.32. The van der Waals surface area contributed by atoms with Crippen LogP contribution < -0.4 is 0 Å². The molecule has 0 spiro atoms. The fourth-order valence-corrected chi connectivity index (χ4v) is 4.72. The molecule has 2 saturated heterocycles. The molecule has 6 heteroatoms. The van der Waals surface area contributed by atoms with Crippen molar-refractivity contribution in [3.8, 4) is 0 Å². The molecule has 1 amide bonds. The lowest BCUT2D eigenvalue weighted by Gasteiger charge is -2.25. The molecular weight excluding hydrogens is 336 g/mol. The van der Waals surface area contributed by atoms with Gasteiger partial charge in [0.2, 0.25) is 5.91 Å². The number of esters is 1. The second-order valence-electron chi connectivity index (χ2n) is 6.62. The van der Waals surface area contributed by atoms with Crippen LogP contribution in [0.2, 0.25) is 0 Å². The Balaban J connectivity index is 1.54. The number of rotatable bonds is 7. The summed E-state index contributed by atoms with van der Waals surface area (Å²) >= 11 is 1.66. The van der Waals surface area contributed by atoms with E-state index in [9.17, 15) is 9.59 Å². The van der Waals surface area contributed by atoms with Crippen LogP contribution in [0.15, 0.2) is 24.3 Å². The average molecular weight is 362 g/mol. The number of hydrogen-bond donors (Lipinski definition) is 0. The summed E-state index contributed by atoms with van der Waals surface area (Å²) in [4.78, 5) is 28.3. The lowest BCUT2D eigenvalue weighted by molar-refractivity contribution is -0.128. The second kappa shape index (κ2) is 8.72. The molecule has 1 unspecified atom stereocenters. The lowest BCUT2D eigenvalue weighted by atomic mass is 10.1. The van der Waals surface area contributed by atoms with Gasteiger partial charge in [-0.3, -0.25) is 4.79 Å². The van der Waals surface area contributed by atoms with Crippen LogP contribution in [0.25, 0.3) is 0 Å². The number of amides is 1. The fourth-order valence-electron chi connectivity index (χ4n) is 3.50. The van der Waals surface area contributed by atoms with E-state index in [-0.39, 0.29) is 17.3 Å². The number of unbranched alkanes of at least 4 members (excludes halogenated alkanes) is 1. The maximum atomic E-state index is 12.3. The van der Waals surface area contributed by atoms with E-state index >= 15 is 0 Å². The molecule has 3 rings (SSSR count). The minimum absolute atomic E-state index is 0.0611. The van der Waals surface area contributed by atoms with Crippen molar-refractivity contribution in [3.63, 3.8) is 0 Å². The van der Waals surface area contributed by atoms with E-state index in [1.807, 2.05) is 17.0 Å². The highest BCUT2D eigenvalue weighted by atomic mass is 32.2. The number of carbonyl (C=O) groups is 2. The van der Waals surface area contributed by atoms with Crippen LogP contribution in [0, 0.1) is 0 Å². The number of hydrogen-bond acceptors (Lipinski definition) is 5. The molecule has 0 bridgehead atoms. The molecule has 1 atom stereocenters. The van der Waals surface area contributed by atoms with E-state index in [0.717, 1.165) is 31.5 Å². The van der Waals surface area contributed by atoms with Crippen LogP contribution in [-0.2, 0) is 9.53 Å². The van der Waals surface area contributed by atoms with Crippen LogP contribution in [0.5, 0.6) is 0 Å². The van der Waals surface area contributed by atoms with Gasteiger partial charge in [-0.2, -0.15) is 0 Å². The predicted octanol–water partition coefficient (Wildman–Crippen LogP) is 2.92. The van der Waals surface area contributed by atoms with Gasteiger partial charge in [-0.15, -0.1) is 11.8 Å². The molecule has 25 heavy (non-hydrogen) atoms. The van der Waals surface area contributed by atoms with Crippen molar-refractivity contribution in [1.82, 2.24) is 9.80 Å². The van der Waals surface area contributed by atoms with E-state index in [2.05, 4.69) is 4.90 Å². The van der Waals surface area contributed by atoms with E-state index < -0.39 is 0 Å². The van der Waals surface area contributed by atoms with Gasteiger partial charge in [-0.1, -0.05) is 12.1 Å². The predicted molar refractivity (Wildman–Crippen MR) is 99.6 cm³/mol. The largest absolute Gasteiger partial charge is 0.465 e. The molecule has 0 aliphatic carbocycles. The minimum Gasteiger partial charge on any atom is -0.465 e. The van der Waals surface area contributed by atoms with Gasteiger partial charge in [-0.25, -0.2) is 4.79 Å². The van der Waals surface area contributed by atoms with Crippen LogP contribution in [0.1, 0.15) is 47.0 Å². The van der Waals surface area contributed by atoms with Crippen LogP contribution in [0.4, 0.5) is 0 Å². The SMILES string of the molecule is COC(=O)c1ccc(C2SCC(=O)N2CCCCN2CCCC2)cc1. The molecular formula is C19H26N2O3S. The number of thioether (sulfide) groups is 1. The Kier molecular flexibility index (Phi) is 6.37. The van der Waals surface area contributed by atoms with E-state index in [4.69, 9.17) is 4.74 Å². The molecule has 5 nitrogen and oxygen atoms in total. The maximum Gasteiger partial charge on any atom is 0.337 e. The van der Waals surface area contributed by atoms with Gasteiger partial charge in [0, 0.05) is 6.54 Å². The van der Waals surface area contributed by atoms with Crippen molar-refractivity contribution in [2.24, 2.45) is 0 Å². The van der Waals surface area contributed by atoms with Gasteiger partial charge in [0.15, 0.2) is 0 Å². The van der Waals surface area contributed by atoms with Crippen molar-refractivity contribution in [2.45, 2.75) is 31.1 Å². The lowest BCUT2D eigenvalue weighted by Crippen LogP contribution is -2.30. The first-order valence-corrected chi connectivity index (χ1v) is 10.1. The quantitative estimate of drug-likeness (QED) is 0.551. The standard InChI is InChI=1S/C19H26N2O3S/c1-24-19(23)16-8-6-15(7-9-16)18-21(17(22)14-25-18)13-5-4-12-20-10-2-3-11-20/h6-9,18H,2-5,10-14H2,1H3. The van der Waals surface area contributed by atoms with Gasteiger partial charge < -0.3 is 14.5 Å². The number of benzene rings is 1. The second-order valence-corrected chi connectivity index (χ2v) is 7.69. The number of methoxy groups -OCH3 is 1. The third kappa shape index (κ3) is 4.55. The molecule has 1 aromatic rings. The van der Waals surface area contributed by atoms with Crippen molar-refractivity contribution >= 4 is 23.6 Å². The first-order chi connectivity index (χ1) is 12.2. The monoisotopic (exact) mass is 362 g/mol. The molecule has 0 N–H and O–H groups in total. The number of likely N-dealkylation sites (tertiary alicyclic amines) is 1. The zero-order valence-electron chi connectivity index (χ0n) is 14.8. The molecule has 1 aromatic carbocycles. The summed E-state index contributed by atoms with van der Waals surface area (Å²) in [6.07, 6.45) is 4.83. The van der Waals surface area contributed by atoms with Gasteiger partial charge in [0.05, 0.1) is 18.4 Å². The van der Waals surface area contributed by atoms with Gasteiger partial charge in [-0.05, 0) is 63.0 Å². The molecule has 0 aromatic heterocycles. The Morgan fingerprint density at radius 1 is 1.16 bits per heavy atom. The first-order valence-electron chi connectivity index (χ1n) is 9.01. The maximum absolute atomic E-state index is 12.3. The van der Waals surface area contributed by atoms with Crippen LogP contribution in [0.3, 0.4) is 0 Å². The first kappa shape index (κ1) is 18.3. The zero-order chi connectivity index (χ0) is 17.6. The Bertz CT molecular complexity index is 599. The van der Waals surface area contributed by atoms with E-state index in [1.165, 1.54) is 33.0 Å². The zero-order valence-corrected chi connectivity index (χ0v) is 15.6. The van der Waals surface area contributed by atoms with Gasteiger partial charge in [0.1, 0.15) is 5.37 Å². The van der Waals surface area contributed by atoms with Crippen molar-refractivity contribution < 1.29 is 14.3 Å². The van der Waals surface area contributed by atoms with Crippen molar-refractivity contribution in [1.29, 1.82) is 0 Å². The number of nitrogens with zero attached hydrogens (tertiary/aromatic N) is 2.